The highest BCUT2D eigenvalue weighted by atomic mass is 15.1. The zero-order valence-corrected chi connectivity index (χ0v) is 8.52. The van der Waals surface area contributed by atoms with Crippen molar-refractivity contribution in [2.45, 2.75) is 46.7 Å². The van der Waals surface area contributed by atoms with Crippen molar-refractivity contribution in [1.82, 2.24) is 4.81 Å². The molecular formula is C9H20BN. The summed E-state index contributed by atoms with van der Waals surface area (Å²) in [6.45, 7) is 14.9. The average Bonchev–Trinajstić information content (AvgIpc) is 1.81. The molecule has 0 amide bonds. The van der Waals surface area contributed by atoms with E-state index in [1.165, 1.54) is 5.47 Å². The number of hydrogen-bond acceptors (Lipinski definition) is 1. The van der Waals surface area contributed by atoms with Gasteiger partial charge in [0.1, 0.15) is 0 Å². The Hall–Kier alpha value is -0.235. The van der Waals surface area contributed by atoms with Crippen LogP contribution in [0.1, 0.15) is 34.6 Å². The minimum absolute atomic E-state index is 0.617. The molecule has 11 heavy (non-hydrogen) atoms. The van der Waals surface area contributed by atoms with Crippen molar-refractivity contribution in [3.8, 4) is 0 Å². The zero-order valence-electron chi connectivity index (χ0n) is 8.52. The molecule has 0 unspecified atom stereocenters. The lowest BCUT2D eigenvalue weighted by molar-refractivity contribution is 0.314. The summed E-state index contributed by atoms with van der Waals surface area (Å²) in [6.07, 6.45) is 0. The van der Waals surface area contributed by atoms with Gasteiger partial charge >= 0.3 is 0 Å². The summed E-state index contributed by atoms with van der Waals surface area (Å²) in [4.78, 5) is 2.43. The fourth-order valence-electron chi connectivity index (χ4n) is 1.27. The highest BCUT2D eigenvalue weighted by Gasteiger charge is 2.13. The van der Waals surface area contributed by atoms with Crippen LogP contribution < -0.4 is 0 Å². The molecule has 0 aromatic heterocycles. The summed E-state index contributed by atoms with van der Waals surface area (Å²) in [5.41, 5.74) is 1.24. The van der Waals surface area contributed by atoms with Crippen LogP contribution in [0.5, 0.6) is 0 Å². The summed E-state index contributed by atoms with van der Waals surface area (Å²) >= 11 is 0. The molecule has 0 spiro atoms. The molecule has 0 fully saturated rings. The topological polar surface area (TPSA) is 3.24 Å². The van der Waals surface area contributed by atoms with E-state index in [4.69, 9.17) is 0 Å². The molecule has 0 saturated heterocycles. The molecule has 0 aromatic rings. The van der Waals surface area contributed by atoms with Gasteiger partial charge in [0.05, 0.1) is 0 Å². The van der Waals surface area contributed by atoms with Crippen molar-refractivity contribution in [2.75, 3.05) is 0 Å². The molecule has 0 bridgehead atoms. The molecule has 0 saturated carbocycles. The van der Waals surface area contributed by atoms with Crippen LogP contribution in [0, 0.1) is 0 Å². The van der Waals surface area contributed by atoms with Gasteiger partial charge in [-0.15, -0.1) is 6.58 Å². The predicted molar refractivity (Wildman–Crippen MR) is 54.1 cm³/mol. The first kappa shape index (κ1) is 10.8. The highest BCUT2D eigenvalue weighted by molar-refractivity contribution is 6.41. The Balaban J connectivity index is 4.00. The minimum Gasteiger partial charge on any atom is -0.337 e. The molecule has 1 nitrogen and oxygen atoms in total. The van der Waals surface area contributed by atoms with E-state index < -0.39 is 0 Å². The second-order valence-electron chi connectivity index (χ2n) is 3.82. The number of nitrogens with zero attached hydrogens (tertiary/aromatic N) is 1. The minimum atomic E-state index is 0.617. The van der Waals surface area contributed by atoms with Gasteiger partial charge in [0.15, 0.2) is 0 Å². The highest BCUT2D eigenvalue weighted by Crippen LogP contribution is 2.04. The molecule has 64 valence electrons. The van der Waals surface area contributed by atoms with Gasteiger partial charge in [0, 0.05) is 0 Å². The fourth-order valence-corrected chi connectivity index (χ4v) is 1.27. The predicted octanol–water partition coefficient (Wildman–Crippen LogP) is 1.99. The van der Waals surface area contributed by atoms with Gasteiger partial charge in [-0.25, -0.2) is 0 Å². The van der Waals surface area contributed by atoms with Crippen LogP contribution >= 0.6 is 0 Å². The molecule has 2 heteroatoms. The Bertz CT molecular complexity index is 122. The van der Waals surface area contributed by atoms with E-state index in [-0.39, 0.29) is 0 Å². The molecular weight excluding hydrogens is 133 g/mol. The second kappa shape index (κ2) is 4.60. The van der Waals surface area contributed by atoms with Crippen molar-refractivity contribution in [1.29, 1.82) is 0 Å². The largest absolute Gasteiger partial charge is 0.337 e. The van der Waals surface area contributed by atoms with Gasteiger partial charge in [-0.3, -0.25) is 0 Å². The van der Waals surface area contributed by atoms with Crippen molar-refractivity contribution in [3.63, 3.8) is 0 Å². The Morgan fingerprint density at radius 2 is 1.55 bits per heavy atom. The lowest BCUT2D eigenvalue weighted by Crippen LogP contribution is -2.40. The maximum Gasteiger partial charge on any atom is 0.233 e. The average molecular weight is 153 g/mol. The van der Waals surface area contributed by atoms with E-state index >= 15 is 0 Å². The van der Waals surface area contributed by atoms with Crippen molar-refractivity contribution in [2.24, 2.45) is 0 Å². The maximum atomic E-state index is 3.92. The van der Waals surface area contributed by atoms with Crippen molar-refractivity contribution >= 4 is 7.41 Å². The van der Waals surface area contributed by atoms with Gasteiger partial charge in [0.25, 0.3) is 0 Å². The van der Waals surface area contributed by atoms with E-state index in [1.54, 1.807) is 0 Å². The Labute approximate surface area is 71.7 Å². The summed E-state index contributed by atoms with van der Waals surface area (Å²) in [5.74, 6) is 0. The standard InChI is InChI=1S/C9H20BN/c1-7(2)10-11(8(3)4)9(5)6/h8-10H,1H2,2-6H3. The van der Waals surface area contributed by atoms with Crippen LogP contribution in [0.15, 0.2) is 12.1 Å². The van der Waals surface area contributed by atoms with E-state index in [2.05, 4.69) is 46.0 Å². The van der Waals surface area contributed by atoms with Crippen LogP contribution in [-0.2, 0) is 0 Å². The smallest absolute Gasteiger partial charge is 0.233 e. The molecule has 0 aliphatic carbocycles. The van der Waals surface area contributed by atoms with Gasteiger partial charge in [-0.05, 0) is 12.1 Å². The van der Waals surface area contributed by atoms with E-state index in [9.17, 15) is 0 Å². The van der Waals surface area contributed by atoms with Crippen molar-refractivity contribution < 1.29 is 0 Å². The fraction of sp³-hybridized carbons (Fsp3) is 0.778. The van der Waals surface area contributed by atoms with E-state index in [1.807, 2.05) is 0 Å². The number of rotatable bonds is 4. The van der Waals surface area contributed by atoms with E-state index in [0.717, 1.165) is 7.41 Å². The zero-order chi connectivity index (χ0) is 9.02. The molecule has 0 aromatic carbocycles. The van der Waals surface area contributed by atoms with Gasteiger partial charge in [-0.2, -0.15) is 0 Å². The lowest BCUT2D eigenvalue weighted by atomic mass is 9.79. The monoisotopic (exact) mass is 153 g/mol. The van der Waals surface area contributed by atoms with E-state index in [0.29, 0.717) is 12.1 Å². The van der Waals surface area contributed by atoms with Crippen LogP contribution in [0.25, 0.3) is 0 Å². The Kier molecular flexibility index (Phi) is 4.51. The normalized spacial score (nSPS) is 11.3. The third-order valence-corrected chi connectivity index (χ3v) is 1.78. The van der Waals surface area contributed by atoms with Gasteiger partial charge in [-0.1, -0.05) is 40.1 Å². The summed E-state index contributed by atoms with van der Waals surface area (Å²) in [7, 11) is 1.02. The van der Waals surface area contributed by atoms with Crippen LogP contribution in [-0.4, -0.2) is 24.3 Å². The summed E-state index contributed by atoms with van der Waals surface area (Å²) < 4.78 is 0. The molecule has 0 atom stereocenters. The molecule has 0 radical (unpaired) electrons. The lowest BCUT2D eigenvalue weighted by Gasteiger charge is -2.30. The first-order chi connectivity index (χ1) is 4.95. The summed E-state index contributed by atoms with van der Waals surface area (Å²) in [6, 6.07) is 1.23. The Morgan fingerprint density at radius 3 is 1.64 bits per heavy atom. The second-order valence-corrected chi connectivity index (χ2v) is 3.82. The van der Waals surface area contributed by atoms with Crippen LogP contribution in [0.3, 0.4) is 0 Å². The Morgan fingerprint density at radius 1 is 1.18 bits per heavy atom. The van der Waals surface area contributed by atoms with Crippen LogP contribution in [0.4, 0.5) is 0 Å². The maximum absolute atomic E-state index is 3.92. The third kappa shape index (κ3) is 4.25. The summed E-state index contributed by atoms with van der Waals surface area (Å²) in [5, 5.41) is 0. The molecule has 0 rings (SSSR count). The number of allylic oxidation sites excluding steroid dienone is 1. The quantitative estimate of drug-likeness (QED) is 0.558. The molecule has 0 aliphatic rings. The molecule has 0 N–H and O–H groups in total. The molecule has 0 aliphatic heterocycles. The van der Waals surface area contributed by atoms with Gasteiger partial charge < -0.3 is 4.81 Å². The molecule has 0 heterocycles. The van der Waals surface area contributed by atoms with Crippen molar-refractivity contribution in [3.05, 3.63) is 12.1 Å². The SMILES string of the molecule is C=C(C)BN(C(C)C)C(C)C. The van der Waals surface area contributed by atoms with Gasteiger partial charge in [0.2, 0.25) is 7.41 Å². The van der Waals surface area contributed by atoms with Crippen LogP contribution in [0.2, 0.25) is 0 Å². The first-order valence-corrected chi connectivity index (χ1v) is 4.35. The number of hydrogen-bond donors (Lipinski definition) is 0. The first-order valence-electron chi connectivity index (χ1n) is 4.35. The third-order valence-electron chi connectivity index (χ3n) is 1.78.